The average molecular weight is 275 g/mol. The van der Waals surface area contributed by atoms with Crippen LogP contribution in [0.5, 0.6) is 0 Å². The highest BCUT2D eigenvalue weighted by atomic mass is 16.5. The second-order valence-electron chi connectivity index (χ2n) is 5.34. The van der Waals surface area contributed by atoms with Gasteiger partial charge in [0.25, 0.3) is 5.91 Å². The number of hydrogen-bond donors (Lipinski definition) is 0. The molecular formula is C16H21NO3. The molecule has 0 atom stereocenters. The van der Waals surface area contributed by atoms with Gasteiger partial charge < -0.3 is 9.64 Å². The van der Waals surface area contributed by atoms with Crippen LogP contribution in [-0.4, -0.2) is 36.5 Å². The second kappa shape index (κ2) is 6.55. The Morgan fingerprint density at radius 3 is 2.55 bits per heavy atom. The monoisotopic (exact) mass is 275 g/mol. The third-order valence-electron chi connectivity index (χ3n) is 3.65. The van der Waals surface area contributed by atoms with Gasteiger partial charge in [-0.1, -0.05) is 17.7 Å². The van der Waals surface area contributed by atoms with Gasteiger partial charge in [-0.3, -0.25) is 4.79 Å². The van der Waals surface area contributed by atoms with Gasteiger partial charge >= 0.3 is 5.97 Å². The lowest BCUT2D eigenvalue weighted by Gasteiger charge is -2.26. The number of rotatable bonds is 3. The lowest BCUT2D eigenvalue weighted by Crippen LogP contribution is -2.38. The summed E-state index contributed by atoms with van der Waals surface area (Å²) in [4.78, 5) is 25.7. The molecule has 1 amide bonds. The zero-order valence-electron chi connectivity index (χ0n) is 12.1. The van der Waals surface area contributed by atoms with Gasteiger partial charge in [-0.25, -0.2) is 4.79 Å². The molecule has 4 heteroatoms. The van der Waals surface area contributed by atoms with Crippen molar-refractivity contribution in [2.75, 3.05) is 19.7 Å². The summed E-state index contributed by atoms with van der Waals surface area (Å²) in [6, 6.07) is 5.63. The fraction of sp³-hybridized carbons (Fsp3) is 0.500. The Kier molecular flexibility index (Phi) is 4.77. The van der Waals surface area contributed by atoms with Gasteiger partial charge in [0.15, 0.2) is 6.61 Å². The maximum Gasteiger partial charge on any atom is 0.338 e. The van der Waals surface area contributed by atoms with Crippen LogP contribution in [0.25, 0.3) is 0 Å². The average Bonchev–Trinajstić information content (AvgIpc) is 2.47. The Hall–Kier alpha value is -1.84. The van der Waals surface area contributed by atoms with E-state index >= 15 is 0 Å². The van der Waals surface area contributed by atoms with Crippen molar-refractivity contribution in [1.82, 2.24) is 4.90 Å². The smallest absolute Gasteiger partial charge is 0.338 e. The van der Waals surface area contributed by atoms with E-state index in [0.29, 0.717) is 5.56 Å². The number of likely N-dealkylation sites (tertiary alicyclic amines) is 1. The fourth-order valence-electron chi connectivity index (χ4n) is 2.40. The van der Waals surface area contributed by atoms with Crippen molar-refractivity contribution in [1.29, 1.82) is 0 Å². The van der Waals surface area contributed by atoms with E-state index < -0.39 is 5.97 Å². The molecule has 0 unspecified atom stereocenters. The first-order valence-corrected chi connectivity index (χ1v) is 7.10. The summed E-state index contributed by atoms with van der Waals surface area (Å²) in [5, 5.41) is 0. The SMILES string of the molecule is Cc1ccc(C)c(C(=O)OCC(=O)N2CCCCC2)c1. The minimum absolute atomic E-state index is 0.0941. The summed E-state index contributed by atoms with van der Waals surface area (Å²) in [7, 11) is 0. The summed E-state index contributed by atoms with van der Waals surface area (Å²) in [6.07, 6.45) is 3.25. The molecule has 0 spiro atoms. The van der Waals surface area contributed by atoms with Crippen LogP contribution in [0.2, 0.25) is 0 Å². The molecule has 1 aliphatic rings. The van der Waals surface area contributed by atoms with E-state index in [2.05, 4.69) is 0 Å². The lowest BCUT2D eigenvalue weighted by molar-refractivity contribution is -0.135. The number of benzene rings is 1. The van der Waals surface area contributed by atoms with Crippen molar-refractivity contribution in [3.05, 3.63) is 34.9 Å². The molecule has 0 N–H and O–H groups in total. The number of esters is 1. The maximum absolute atomic E-state index is 12.0. The number of hydrogen-bond acceptors (Lipinski definition) is 3. The highest BCUT2D eigenvalue weighted by Crippen LogP contribution is 2.13. The van der Waals surface area contributed by atoms with E-state index in [1.807, 2.05) is 26.0 Å². The molecule has 1 aromatic carbocycles. The van der Waals surface area contributed by atoms with E-state index in [9.17, 15) is 9.59 Å². The number of nitrogens with zero attached hydrogens (tertiary/aromatic N) is 1. The quantitative estimate of drug-likeness (QED) is 0.796. The van der Waals surface area contributed by atoms with Crippen molar-refractivity contribution in [3.63, 3.8) is 0 Å². The number of carbonyl (C=O) groups excluding carboxylic acids is 2. The van der Waals surface area contributed by atoms with E-state index in [-0.39, 0.29) is 12.5 Å². The molecule has 0 aromatic heterocycles. The van der Waals surface area contributed by atoms with Gasteiger partial charge in [-0.05, 0) is 44.7 Å². The molecule has 108 valence electrons. The van der Waals surface area contributed by atoms with E-state index in [1.165, 1.54) is 6.42 Å². The molecule has 1 fully saturated rings. The highest BCUT2D eigenvalue weighted by molar-refractivity contribution is 5.92. The number of amides is 1. The molecule has 1 aliphatic heterocycles. The number of aryl methyl sites for hydroxylation is 2. The molecular weight excluding hydrogens is 254 g/mol. The van der Waals surface area contributed by atoms with Crippen molar-refractivity contribution in [3.8, 4) is 0 Å². The second-order valence-corrected chi connectivity index (χ2v) is 5.34. The number of piperidine rings is 1. The van der Waals surface area contributed by atoms with E-state index in [1.54, 1.807) is 11.0 Å². The van der Waals surface area contributed by atoms with Gasteiger partial charge in [0.05, 0.1) is 5.56 Å². The number of ether oxygens (including phenoxy) is 1. The minimum Gasteiger partial charge on any atom is -0.452 e. The third kappa shape index (κ3) is 3.59. The minimum atomic E-state index is -0.420. The third-order valence-corrected chi connectivity index (χ3v) is 3.65. The summed E-state index contributed by atoms with van der Waals surface area (Å²) in [5.74, 6) is -0.514. The zero-order valence-corrected chi connectivity index (χ0v) is 12.1. The molecule has 4 nitrogen and oxygen atoms in total. The zero-order chi connectivity index (χ0) is 14.5. The summed E-state index contributed by atoms with van der Waals surface area (Å²) in [6.45, 7) is 5.18. The van der Waals surface area contributed by atoms with Gasteiger partial charge in [-0.2, -0.15) is 0 Å². The predicted molar refractivity (Wildman–Crippen MR) is 76.6 cm³/mol. The Morgan fingerprint density at radius 2 is 1.85 bits per heavy atom. The van der Waals surface area contributed by atoms with Gasteiger partial charge in [0, 0.05) is 13.1 Å². The molecule has 2 rings (SSSR count). The van der Waals surface area contributed by atoms with Gasteiger partial charge in [0.2, 0.25) is 0 Å². The van der Waals surface area contributed by atoms with Gasteiger partial charge in [0.1, 0.15) is 0 Å². The Morgan fingerprint density at radius 1 is 1.15 bits per heavy atom. The standard InChI is InChI=1S/C16H21NO3/c1-12-6-7-13(2)14(10-12)16(19)20-11-15(18)17-8-4-3-5-9-17/h6-7,10H,3-5,8-9,11H2,1-2H3. The number of carbonyl (C=O) groups is 2. The van der Waals surface area contributed by atoms with Crippen LogP contribution < -0.4 is 0 Å². The summed E-state index contributed by atoms with van der Waals surface area (Å²) >= 11 is 0. The summed E-state index contributed by atoms with van der Waals surface area (Å²) in [5.41, 5.74) is 2.41. The Labute approximate surface area is 119 Å². The van der Waals surface area contributed by atoms with Crippen LogP contribution in [0.15, 0.2) is 18.2 Å². The maximum atomic E-state index is 12.0. The van der Waals surface area contributed by atoms with Crippen molar-refractivity contribution >= 4 is 11.9 Å². The van der Waals surface area contributed by atoms with E-state index in [0.717, 1.165) is 37.1 Å². The highest BCUT2D eigenvalue weighted by Gasteiger charge is 2.19. The molecule has 0 bridgehead atoms. The molecule has 0 saturated carbocycles. The van der Waals surface area contributed by atoms with Crippen LogP contribution in [0.1, 0.15) is 40.7 Å². The topological polar surface area (TPSA) is 46.6 Å². The van der Waals surface area contributed by atoms with Crippen LogP contribution in [0.4, 0.5) is 0 Å². The summed E-state index contributed by atoms with van der Waals surface area (Å²) < 4.78 is 5.15. The van der Waals surface area contributed by atoms with Gasteiger partial charge in [-0.15, -0.1) is 0 Å². The molecule has 0 aliphatic carbocycles. The molecule has 1 saturated heterocycles. The first kappa shape index (κ1) is 14.6. The first-order valence-electron chi connectivity index (χ1n) is 7.10. The van der Waals surface area contributed by atoms with Crippen molar-refractivity contribution < 1.29 is 14.3 Å². The normalized spacial score (nSPS) is 15.0. The predicted octanol–water partition coefficient (Wildman–Crippen LogP) is 2.47. The van der Waals surface area contributed by atoms with Crippen LogP contribution in [-0.2, 0) is 9.53 Å². The fourth-order valence-corrected chi connectivity index (χ4v) is 2.40. The largest absolute Gasteiger partial charge is 0.452 e. The van der Waals surface area contributed by atoms with Crippen LogP contribution in [0.3, 0.4) is 0 Å². The molecule has 0 radical (unpaired) electrons. The Bertz CT molecular complexity index is 504. The molecule has 20 heavy (non-hydrogen) atoms. The molecule has 1 aromatic rings. The molecule has 1 heterocycles. The van der Waals surface area contributed by atoms with Crippen LogP contribution >= 0.6 is 0 Å². The lowest BCUT2D eigenvalue weighted by atomic mass is 10.1. The van der Waals surface area contributed by atoms with Crippen molar-refractivity contribution in [2.24, 2.45) is 0 Å². The van der Waals surface area contributed by atoms with Crippen LogP contribution in [0, 0.1) is 13.8 Å². The first-order chi connectivity index (χ1) is 9.58. The van der Waals surface area contributed by atoms with E-state index in [4.69, 9.17) is 4.74 Å². The Balaban J connectivity index is 1.91. The van der Waals surface area contributed by atoms with Crippen molar-refractivity contribution in [2.45, 2.75) is 33.1 Å².